The van der Waals surface area contributed by atoms with Gasteiger partial charge >= 0.3 is 0 Å². The standard InChI is InChI=1S/C23H31N3O3/c1-5-25-10-12-26(13-11-25)19-7-9-21(17(2)14-19)24-23(27)15-18-6-8-20(28-3)16-22(18)29-4/h6-9,14,16H,5,10-13,15H2,1-4H3,(H,24,27). The largest absolute Gasteiger partial charge is 0.497 e. The van der Waals surface area contributed by atoms with E-state index in [1.807, 2.05) is 25.1 Å². The molecule has 29 heavy (non-hydrogen) atoms. The molecule has 0 unspecified atom stereocenters. The van der Waals surface area contributed by atoms with Gasteiger partial charge < -0.3 is 24.6 Å². The molecule has 1 amide bonds. The lowest BCUT2D eigenvalue weighted by molar-refractivity contribution is -0.115. The maximum Gasteiger partial charge on any atom is 0.228 e. The summed E-state index contributed by atoms with van der Waals surface area (Å²) in [4.78, 5) is 17.5. The lowest BCUT2D eigenvalue weighted by Gasteiger charge is -2.35. The van der Waals surface area contributed by atoms with E-state index in [-0.39, 0.29) is 12.3 Å². The Hall–Kier alpha value is -2.73. The molecule has 6 nitrogen and oxygen atoms in total. The molecule has 1 N–H and O–H groups in total. The highest BCUT2D eigenvalue weighted by molar-refractivity contribution is 5.93. The molecule has 1 saturated heterocycles. The summed E-state index contributed by atoms with van der Waals surface area (Å²) in [6, 6.07) is 11.7. The number of nitrogens with zero attached hydrogens (tertiary/aromatic N) is 2. The average Bonchev–Trinajstić information content (AvgIpc) is 2.75. The zero-order valence-electron chi connectivity index (χ0n) is 17.8. The Labute approximate surface area is 173 Å². The van der Waals surface area contributed by atoms with Crippen LogP contribution in [0, 0.1) is 6.92 Å². The zero-order chi connectivity index (χ0) is 20.8. The number of nitrogens with one attached hydrogen (secondary N) is 1. The summed E-state index contributed by atoms with van der Waals surface area (Å²) >= 11 is 0. The molecule has 1 aliphatic heterocycles. The van der Waals surface area contributed by atoms with Gasteiger partial charge in [0.25, 0.3) is 0 Å². The van der Waals surface area contributed by atoms with Crippen molar-refractivity contribution in [1.29, 1.82) is 0 Å². The van der Waals surface area contributed by atoms with Crippen LogP contribution in [0.15, 0.2) is 36.4 Å². The van der Waals surface area contributed by atoms with Gasteiger partial charge in [0, 0.05) is 49.2 Å². The molecule has 0 radical (unpaired) electrons. The summed E-state index contributed by atoms with van der Waals surface area (Å²) in [5.41, 5.74) is 3.95. The van der Waals surface area contributed by atoms with Crippen molar-refractivity contribution in [3.63, 3.8) is 0 Å². The molecular weight excluding hydrogens is 366 g/mol. The van der Waals surface area contributed by atoms with E-state index in [0.29, 0.717) is 11.5 Å². The summed E-state index contributed by atoms with van der Waals surface area (Å²) in [7, 11) is 3.21. The predicted octanol–water partition coefficient (Wildman–Crippen LogP) is 3.34. The molecule has 0 aliphatic carbocycles. The van der Waals surface area contributed by atoms with Gasteiger partial charge in [0.15, 0.2) is 0 Å². The number of anilines is 2. The summed E-state index contributed by atoms with van der Waals surface area (Å²) in [6.07, 6.45) is 0.243. The van der Waals surface area contributed by atoms with E-state index in [2.05, 4.69) is 34.2 Å². The summed E-state index contributed by atoms with van der Waals surface area (Å²) in [5, 5.41) is 3.03. The van der Waals surface area contributed by atoms with Crippen LogP contribution in [0.25, 0.3) is 0 Å². The lowest BCUT2D eigenvalue weighted by Crippen LogP contribution is -2.46. The van der Waals surface area contributed by atoms with E-state index in [9.17, 15) is 4.79 Å². The van der Waals surface area contributed by atoms with Crippen LogP contribution in [0.5, 0.6) is 11.5 Å². The fourth-order valence-electron chi connectivity index (χ4n) is 3.67. The first-order valence-corrected chi connectivity index (χ1v) is 10.1. The maximum atomic E-state index is 12.6. The number of rotatable bonds is 7. The first kappa shape index (κ1) is 21.0. The maximum absolute atomic E-state index is 12.6. The minimum atomic E-state index is -0.0686. The minimum absolute atomic E-state index is 0.0686. The number of amides is 1. The number of hydrogen-bond donors (Lipinski definition) is 1. The van der Waals surface area contributed by atoms with Crippen molar-refractivity contribution in [3.05, 3.63) is 47.5 Å². The van der Waals surface area contributed by atoms with Crippen LogP contribution in [-0.2, 0) is 11.2 Å². The molecule has 3 rings (SSSR count). The molecule has 1 heterocycles. The number of aryl methyl sites for hydroxylation is 1. The van der Waals surface area contributed by atoms with E-state index >= 15 is 0 Å². The molecule has 0 saturated carbocycles. The van der Waals surface area contributed by atoms with Crippen molar-refractivity contribution >= 4 is 17.3 Å². The molecule has 2 aromatic rings. The summed E-state index contributed by atoms with van der Waals surface area (Å²) in [5.74, 6) is 1.29. The van der Waals surface area contributed by atoms with Gasteiger partial charge in [-0.15, -0.1) is 0 Å². The average molecular weight is 398 g/mol. The number of hydrogen-bond acceptors (Lipinski definition) is 5. The Morgan fingerprint density at radius 1 is 1.03 bits per heavy atom. The summed E-state index contributed by atoms with van der Waals surface area (Å²) < 4.78 is 10.6. The van der Waals surface area contributed by atoms with Crippen LogP contribution in [0.3, 0.4) is 0 Å². The van der Waals surface area contributed by atoms with E-state index in [4.69, 9.17) is 9.47 Å². The normalized spacial score (nSPS) is 14.6. The van der Waals surface area contributed by atoms with Gasteiger partial charge in [-0.3, -0.25) is 4.79 Å². The predicted molar refractivity (Wildman–Crippen MR) is 117 cm³/mol. The highest BCUT2D eigenvalue weighted by Gasteiger charge is 2.17. The lowest BCUT2D eigenvalue weighted by atomic mass is 10.1. The van der Waals surface area contributed by atoms with Gasteiger partial charge in [-0.1, -0.05) is 13.0 Å². The number of methoxy groups -OCH3 is 2. The second-order valence-electron chi connectivity index (χ2n) is 7.32. The fourth-order valence-corrected chi connectivity index (χ4v) is 3.67. The van der Waals surface area contributed by atoms with Crippen molar-refractivity contribution in [2.24, 2.45) is 0 Å². The van der Waals surface area contributed by atoms with Gasteiger partial charge in [-0.25, -0.2) is 0 Å². The monoisotopic (exact) mass is 397 g/mol. The van der Waals surface area contributed by atoms with Crippen LogP contribution >= 0.6 is 0 Å². The molecule has 2 aromatic carbocycles. The Balaban J connectivity index is 1.64. The van der Waals surface area contributed by atoms with Crippen LogP contribution in [-0.4, -0.2) is 57.8 Å². The van der Waals surface area contributed by atoms with Gasteiger partial charge in [0.05, 0.1) is 20.6 Å². The zero-order valence-corrected chi connectivity index (χ0v) is 17.8. The quantitative estimate of drug-likeness (QED) is 0.777. The molecular formula is C23H31N3O3. The third-order valence-electron chi connectivity index (χ3n) is 5.51. The van der Waals surface area contributed by atoms with Crippen molar-refractivity contribution in [3.8, 4) is 11.5 Å². The topological polar surface area (TPSA) is 54.0 Å². The highest BCUT2D eigenvalue weighted by Crippen LogP contribution is 2.27. The number of benzene rings is 2. The Morgan fingerprint density at radius 3 is 2.41 bits per heavy atom. The van der Waals surface area contributed by atoms with Gasteiger partial charge in [0.1, 0.15) is 11.5 Å². The molecule has 6 heteroatoms. The van der Waals surface area contributed by atoms with Gasteiger partial charge in [0.2, 0.25) is 5.91 Å². The third kappa shape index (κ3) is 5.21. The molecule has 1 fully saturated rings. The molecule has 1 aliphatic rings. The van der Waals surface area contributed by atoms with Gasteiger partial charge in [-0.05, 0) is 43.3 Å². The Kier molecular flexibility index (Phi) is 6.99. The Morgan fingerprint density at radius 2 is 1.79 bits per heavy atom. The van der Waals surface area contributed by atoms with Gasteiger partial charge in [-0.2, -0.15) is 0 Å². The van der Waals surface area contributed by atoms with Crippen LogP contribution in [0.1, 0.15) is 18.1 Å². The minimum Gasteiger partial charge on any atom is -0.497 e. The van der Waals surface area contributed by atoms with E-state index in [0.717, 1.165) is 49.5 Å². The van der Waals surface area contributed by atoms with Crippen LogP contribution < -0.4 is 19.7 Å². The van der Waals surface area contributed by atoms with E-state index in [1.54, 1.807) is 20.3 Å². The Bertz CT molecular complexity index is 845. The van der Waals surface area contributed by atoms with Crippen molar-refractivity contribution in [2.45, 2.75) is 20.3 Å². The van der Waals surface area contributed by atoms with Crippen molar-refractivity contribution < 1.29 is 14.3 Å². The number of carbonyl (C=O) groups is 1. The summed E-state index contributed by atoms with van der Waals surface area (Å²) in [6.45, 7) is 9.62. The third-order valence-corrected chi connectivity index (χ3v) is 5.51. The van der Waals surface area contributed by atoms with Crippen molar-refractivity contribution in [2.75, 3.05) is 57.2 Å². The first-order chi connectivity index (χ1) is 14.0. The van der Waals surface area contributed by atoms with Crippen LogP contribution in [0.2, 0.25) is 0 Å². The first-order valence-electron chi connectivity index (χ1n) is 10.1. The second kappa shape index (κ2) is 9.65. The molecule has 0 spiro atoms. The van der Waals surface area contributed by atoms with E-state index < -0.39 is 0 Å². The molecule has 0 bridgehead atoms. The SMILES string of the molecule is CCN1CCN(c2ccc(NC(=O)Cc3ccc(OC)cc3OC)c(C)c2)CC1. The number of piperazine rings is 1. The molecule has 0 aromatic heterocycles. The number of carbonyl (C=O) groups excluding carboxylic acids is 1. The second-order valence-corrected chi connectivity index (χ2v) is 7.32. The van der Waals surface area contributed by atoms with Crippen molar-refractivity contribution in [1.82, 2.24) is 4.90 Å². The molecule has 156 valence electrons. The smallest absolute Gasteiger partial charge is 0.228 e. The highest BCUT2D eigenvalue weighted by atomic mass is 16.5. The number of ether oxygens (including phenoxy) is 2. The fraction of sp³-hybridized carbons (Fsp3) is 0.435. The number of likely N-dealkylation sites (N-methyl/N-ethyl adjacent to an activating group) is 1. The van der Waals surface area contributed by atoms with E-state index in [1.165, 1.54) is 5.69 Å². The molecule has 0 atom stereocenters. The van der Waals surface area contributed by atoms with Crippen LogP contribution in [0.4, 0.5) is 11.4 Å².